The zero-order valence-corrected chi connectivity index (χ0v) is 40.6. The average Bonchev–Trinajstić information content (AvgIpc) is 4.12. The molecule has 0 unspecified atom stereocenters. The minimum Gasteiger partial charge on any atom is -0.455 e. The predicted molar refractivity (Wildman–Crippen MR) is 264 cm³/mol. The Bertz CT molecular complexity index is 3120. The van der Waals surface area contributed by atoms with Gasteiger partial charge in [-0.1, -0.05) is 38.1 Å². The van der Waals surface area contributed by atoms with E-state index in [9.17, 15) is 23.3 Å². The highest BCUT2D eigenvalue weighted by atomic mass is 32.2. The Morgan fingerprint density at radius 1 is 1.00 bits per heavy atom. The number of imidazole rings is 1. The summed E-state index contributed by atoms with van der Waals surface area (Å²) in [5, 5.41) is 16.1. The molecule has 5 fully saturated rings. The molecule has 17 nitrogen and oxygen atoms in total. The third kappa shape index (κ3) is 8.97. The smallest absolute Gasteiger partial charge is 0.296 e. The summed E-state index contributed by atoms with van der Waals surface area (Å²) in [6, 6.07) is 16.6. The number of pyridine rings is 1. The monoisotopic (exact) mass is 992 g/mol. The van der Waals surface area contributed by atoms with E-state index in [1.165, 1.54) is 29.8 Å². The summed E-state index contributed by atoms with van der Waals surface area (Å²) in [5.74, 6) is -1.46. The lowest BCUT2D eigenvalue weighted by molar-refractivity contribution is -0.384. The van der Waals surface area contributed by atoms with Gasteiger partial charge in [-0.05, 0) is 98.6 Å². The van der Waals surface area contributed by atoms with Gasteiger partial charge in [-0.25, -0.2) is 31.9 Å². The molecule has 71 heavy (non-hydrogen) atoms. The van der Waals surface area contributed by atoms with E-state index in [4.69, 9.17) is 9.47 Å². The molecular formula is C51H58F2N10O7S. The fraction of sp³-hybridized carbons (Fsp3) is 0.471. The van der Waals surface area contributed by atoms with Gasteiger partial charge in [0.05, 0.1) is 53.5 Å². The number of nitrogens with one attached hydrogen (secondary N) is 4. The molecule has 1 saturated carbocycles. The number of halogens is 2. The number of nitro groups is 1. The Hall–Kier alpha value is -6.22. The highest BCUT2D eigenvalue weighted by molar-refractivity contribution is 7.90. The molecule has 1 spiro atoms. The van der Waals surface area contributed by atoms with Crippen LogP contribution in [0.1, 0.15) is 98.7 Å². The maximum Gasteiger partial charge on any atom is 0.296 e. The highest BCUT2D eigenvalue weighted by Crippen LogP contribution is 2.54. The highest BCUT2D eigenvalue weighted by Gasteiger charge is 2.50. The quantitative estimate of drug-likeness (QED) is 0.0596. The van der Waals surface area contributed by atoms with Crippen LogP contribution in [0.5, 0.6) is 11.5 Å². The van der Waals surface area contributed by atoms with Gasteiger partial charge in [0.1, 0.15) is 44.7 Å². The number of aromatic nitrogens is 4. The number of amides is 1. The Balaban J connectivity index is 0.824. The molecular weight excluding hydrogens is 935 g/mol. The number of piperidine rings is 2. The summed E-state index contributed by atoms with van der Waals surface area (Å²) in [6.45, 7) is 8.67. The predicted octanol–water partition coefficient (Wildman–Crippen LogP) is 8.72. The van der Waals surface area contributed by atoms with E-state index in [0.29, 0.717) is 68.4 Å². The summed E-state index contributed by atoms with van der Waals surface area (Å²) >= 11 is 0. The molecule has 4 aliphatic heterocycles. The molecule has 7 heterocycles. The summed E-state index contributed by atoms with van der Waals surface area (Å²) in [6.07, 6.45) is 10.9. The molecule has 4 saturated heterocycles. The second-order valence-corrected chi connectivity index (χ2v) is 22.2. The van der Waals surface area contributed by atoms with Crippen molar-refractivity contribution < 1.29 is 36.4 Å². The molecule has 3 aromatic heterocycles. The van der Waals surface area contributed by atoms with E-state index in [2.05, 4.69) is 73.2 Å². The molecule has 11 rings (SSSR count). The van der Waals surface area contributed by atoms with E-state index in [1.807, 2.05) is 9.62 Å². The van der Waals surface area contributed by atoms with E-state index < -0.39 is 48.5 Å². The fourth-order valence-electron chi connectivity index (χ4n) is 11.8. The van der Waals surface area contributed by atoms with Crippen molar-refractivity contribution in [1.82, 2.24) is 34.5 Å². The Morgan fingerprint density at radius 3 is 2.51 bits per heavy atom. The van der Waals surface area contributed by atoms with Crippen LogP contribution in [-0.4, -0.2) is 119 Å². The number of carbonyl (C=O) groups excluding carboxylic acids is 1. The minimum atomic E-state index is -4.95. The van der Waals surface area contributed by atoms with Crippen molar-refractivity contribution in [3.8, 4) is 11.5 Å². The number of hydrogen-bond acceptors (Lipinski definition) is 13. The number of anilines is 2. The summed E-state index contributed by atoms with van der Waals surface area (Å²) < 4.78 is 74.7. The molecule has 20 heteroatoms. The molecule has 5 aliphatic rings. The number of alkyl halides is 1. The number of sulfonamides is 1. The number of ether oxygens (including phenoxy) is 2. The maximum atomic E-state index is 16.6. The lowest BCUT2D eigenvalue weighted by Gasteiger charge is -2.56. The van der Waals surface area contributed by atoms with Gasteiger partial charge >= 0.3 is 0 Å². The van der Waals surface area contributed by atoms with Crippen molar-refractivity contribution in [2.45, 2.75) is 99.8 Å². The Morgan fingerprint density at radius 2 is 1.77 bits per heavy atom. The molecule has 374 valence electrons. The van der Waals surface area contributed by atoms with Gasteiger partial charge in [0.25, 0.3) is 21.6 Å². The standard InChI is InChI=1S/C51H58F2N10O7S/c1-31(2)36-6-3-4-7-37(36)40-8-5-15-62(40)33-24-50(25-33)10-16-61(17-11-50)41-22-43(70-35-20-32-9-14-54-48(32)55-26-35)38(21-39(41)52)49(64)59-71(67,68)44-23-42(63(65)66)45(47-46(44)57-30-58-47)56-29-51(53)12-18-60(19-13-51)34-27-69-28-34/h3-4,6-7,9,14,20-23,26,30-31,33-34,40,56H,5,8,10-13,15-19,24-25,27-29H2,1-2H3,(H,54,55)(H,57,58)(H,59,64)/t40-/m0/s1. The summed E-state index contributed by atoms with van der Waals surface area (Å²) in [5.41, 5.74) is 0.551. The normalized spacial score (nSPS) is 20.9. The molecule has 0 bridgehead atoms. The Kier molecular flexibility index (Phi) is 12.2. The topological polar surface area (TPSA) is 204 Å². The minimum absolute atomic E-state index is 0.0693. The van der Waals surface area contributed by atoms with E-state index in [0.717, 1.165) is 57.1 Å². The number of aromatic amines is 2. The molecule has 4 N–H and O–H groups in total. The van der Waals surface area contributed by atoms with Gasteiger partial charge in [0, 0.05) is 68.5 Å². The number of hydrogen-bond donors (Lipinski definition) is 4. The largest absolute Gasteiger partial charge is 0.455 e. The van der Waals surface area contributed by atoms with Gasteiger partial charge in [-0.2, -0.15) is 0 Å². The maximum absolute atomic E-state index is 16.6. The second-order valence-electron chi connectivity index (χ2n) is 20.5. The van der Waals surface area contributed by atoms with Gasteiger partial charge in [-0.3, -0.25) is 24.7 Å². The van der Waals surface area contributed by atoms with Crippen molar-refractivity contribution in [2.75, 3.05) is 62.7 Å². The first-order valence-electron chi connectivity index (χ1n) is 24.7. The molecule has 1 aliphatic carbocycles. The van der Waals surface area contributed by atoms with E-state index in [1.54, 1.807) is 18.3 Å². The first kappa shape index (κ1) is 47.1. The van der Waals surface area contributed by atoms with Gasteiger partial charge in [0.15, 0.2) is 0 Å². The second kappa shape index (κ2) is 18.4. The number of nitro benzene ring substituents is 1. The first-order valence-corrected chi connectivity index (χ1v) is 26.2. The van der Waals surface area contributed by atoms with E-state index >= 15 is 8.78 Å². The molecule has 0 radical (unpaired) electrons. The van der Waals surface area contributed by atoms with Gasteiger partial charge in [0.2, 0.25) is 0 Å². The third-order valence-corrected chi connectivity index (χ3v) is 17.3. The first-order chi connectivity index (χ1) is 34.2. The number of likely N-dealkylation sites (tertiary alicyclic amines) is 2. The zero-order chi connectivity index (χ0) is 49.2. The van der Waals surface area contributed by atoms with Crippen molar-refractivity contribution in [3.05, 3.63) is 106 Å². The lowest BCUT2D eigenvalue weighted by Crippen LogP contribution is -2.55. The number of benzene rings is 3. The molecule has 3 aromatic carbocycles. The third-order valence-electron chi connectivity index (χ3n) is 15.9. The lowest BCUT2D eigenvalue weighted by atomic mass is 9.59. The molecule has 6 aromatic rings. The number of rotatable bonds is 14. The number of fused-ring (bicyclic) bond motifs is 2. The molecule has 1 amide bonds. The van der Waals surface area contributed by atoms with Gasteiger partial charge in [-0.15, -0.1) is 0 Å². The average molecular weight is 993 g/mol. The van der Waals surface area contributed by atoms with Crippen LogP contribution < -0.4 is 19.7 Å². The van der Waals surface area contributed by atoms with Crippen LogP contribution in [0.25, 0.3) is 22.1 Å². The summed E-state index contributed by atoms with van der Waals surface area (Å²) in [4.78, 5) is 46.5. The van der Waals surface area contributed by atoms with Crippen LogP contribution in [-0.2, 0) is 14.8 Å². The van der Waals surface area contributed by atoms with E-state index in [-0.39, 0.29) is 64.8 Å². The zero-order valence-electron chi connectivity index (χ0n) is 39.8. The number of carbonyl (C=O) groups is 1. The fourth-order valence-corrected chi connectivity index (χ4v) is 13.0. The van der Waals surface area contributed by atoms with Crippen molar-refractivity contribution in [1.29, 1.82) is 0 Å². The number of H-pyrrole nitrogens is 2. The van der Waals surface area contributed by atoms with Crippen LogP contribution in [0, 0.1) is 21.3 Å². The van der Waals surface area contributed by atoms with Crippen molar-refractivity contribution in [3.63, 3.8) is 0 Å². The molecule has 1 atom stereocenters. The summed E-state index contributed by atoms with van der Waals surface area (Å²) in [7, 11) is -4.95. The van der Waals surface area contributed by atoms with Gasteiger partial charge < -0.3 is 29.7 Å². The van der Waals surface area contributed by atoms with Crippen LogP contribution in [0.3, 0.4) is 0 Å². The SMILES string of the molecule is CC(C)c1ccccc1[C@@H]1CCCN1C1CC2(CCN(c3cc(Oc4cnc5[nH]ccc5c4)c(C(=O)NS(=O)(=O)c4cc([N+](=O)[O-])c(NCC5(F)CCN(C6COC6)CC5)c5[nH]cnc45)cc3F)CC2)C1. The van der Waals surface area contributed by atoms with Crippen molar-refractivity contribution >= 4 is 55.1 Å². The Labute approximate surface area is 409 Å². The van der Waals surface area contributed by atoms with Crippen LogP contribution in [0.4, 0.5) is 25.8 Å². The number of nitrogens with zero attached hydrogens (tertiary/aromatic N) is 6. The van der Waals surface area contributed by atoms with Crippen LogP contribution in [0.15, 0.2) is 78.2 Å². The van der Waals surface area contributed by atoms with Crippen LogP contribution in [0.2, 0.25) is 0 Å². The van der Waals surface area contributed by atoms with Crippen molar-refractivity contribution in [2.24, 2.45) is 5.41 Å². The van der Waals surface area contributed by atoms with Crippen LogP contribution >= 0.6 is 0 Å².